The summed E-state index contributed by atoms with van der Waals surface area (Å²) in [4.78, 5) is 4.23. The summed E-state index contributed by atoms with van der Waals surface area (Å²) in [5, 5.41) is 9.02. The largest absolute Gasteiger partial charge is 0.495 e. The predicted molar refractivity (Wildman–Crippen MR) is 75.3 cm³/mol. The van der Waals surface area contributed by atoms with E-state index in [0.717, 1.165) is 17.7 Å². The number of pyridine rings is 1. The van der Waals surface area contributed by atoms with E-state index in [1.807, 2.05) is 24.3 Å². The van der Waals surface area contributed by atoms with Crippen LogP contribution in [0.4, 0.5) is 0 Å². The summed E-state index contributed by atoms with van der Waals surface area (Å²) in [7, 11) is 1.55. The molecular weight excluding hydrogens is 252 g/mol. The summed E-state index contributed by atoms with van der Waals surface area (Å²) in [5.74, 6) is 0.588. The molecule has 0 aliphatic heterocycles. The molecule has 0 spiro atoms. The van der Waals surface area contributed by atoms with E-state index in [9.17, 15) is 0 Å². The molecule has 0 amide bonds. The van der Waals surface area contributed by atoms with E-state index in [-0.39, 0.29) is 0 Å². The summed E-state index contributed by atoms with van der Waals surface area (Å²) < 4.78 is 10.7. The highest BCUT2D eigenvalue weighted by Gasteiger charge is 2.03. The molecule has 0 N–H and O–H groups in total. The fraction of sp³-hybridized carbons (Fsp3) is 0.250. The Morgan fingerprint density at radius 2 is 2.15 bits per heavy atom. The first-order valence-corrected chi connectivity index (χ1v) is 6.38. The van der Waals surface area contributed by atoms with Crippen molar-refractivity contribution in [2.75, 3.05) is 13.7 Å². The molecule has 2 aromatic rings. The Hall–Kier alpha value is -2.38. The zero-order chi connectivity index (χ0) is 14.2. The van der Waals surface area contributed by atoms with Crippen molar-refractivity contribution < 1.29 is 9.47 Å². The van der Waals surface area contributed by atoms with Gasteiger partial charge in [0.2, 0.25) is 0 Å². The van der Waals surface area contributed by atoms with Gasteiger partial charge < -0.3 is 9.47 Å². The van der Waals surface area contributed by atoms with Gasteiger partial charge in [0.1, 0.15) is 11.8 Å². The summed E-state index contributed by atoms with van der Waals surface area (Å²) in [5.41, 5.74) is 2.50. The van der Waals surface area contributed by atoms with Crippen molar-refractivity contribution in [1.29, 1.82) is 5.26 Å². The van der Waals surface area contributed by atoms with E-state index < -0.39 is 0 Å². The first kappa shape index (κ1) is 14.0. The van der Waals surface area contributed by atoms with Crippen LogP contribution in [0.15, 0.2) is 42.6 Å². The van der Waals surface area contributed by atoms with Gasteiger partial charge in [-0.1, -0.05) is 12.1 Å². The molecule has 4 heteroatoms. The average molecular weight is 268 g/mol. The average Bonchev–Trinajstić information content (AvgIpc) is 2.52. The van der Waals surface area contributed by atoms with E-state index in [0.29, 0.717) is 24.5 Å². The third-order valence-electron chi connectivity index (χ3n) is 2.88. The normalized spacial score (nSPS) is 10.0. The summed E-state index contributed by atoms with van der Waals surface area (Å²) in [6, 6.07) is 13.4. The molecule has 4 nitrogen and oxygen atoms in total. The SMILES string of the molecule is COc1ccc(COCCc2ccccn2)cc1C#N. The molecule has 0 fully saturated rings. The van der Waals surface area contributed by atoms with Crippen molar-refractivity contribution in [3.05, 3.63) is 59.4 Å². The van der Waals surface area contributed by atoms with Gasteiger partial charge in [-0.2, -0.15) is 5.26 Å². The van der Waals surface area contributed by atoms with Crippen LogP contribution >= 0.6 is 0 Å². The molecular formula is C16H16N2O2. The van der Waals surface area contributed by atoms with Crippen LogP contribution in [0.5, 0.6) is 5.75 Å². The molecule has 0 unspecified atom stereocenters. The lowest BCUT2D eigenvalue weighted by Gasteiger charge is -2.07. The van der Waals surface area contributed by atoms with Crippen LogP contribution in [-0.2, 0) is 17.8 Å². The first-order chi connectivity index (χ1) is 9.83. The second-order valence-corrected chi connectivity index (χ2v) is 4.27. The summed E-state index contributed by atoms with van der Waals surface area (Å²) in [6.07, 6.45) is 2.56. The van der Waals surface area contributed by atoms with E-state index in [1.54, 1.807) is 25.4 Å². The van der Waals surface area contributed by atoms with Crippen molar-refractivity contribution >= 4 is 0 Å². The Morgan fingerprint density at radius 3 is 2.85 bits per heavy atom. The number of ether oxygens (including phenoxy) is 2. The van der Waals surface area contributed by atoms with Gasteiger partial charge in [-0.25, -0.2) is 0 Å². The third kappa shape index (κ3) is 3.81. The van der Waals surface area contributed by atoms with Gasteiger partial charge in [-0.15, -0.1) is 0 Å². The molecule has 0 bridgehead atoms. The van der Waals surface area contributed by atoms with Gasteiger partial charge in [-0.3, -0.25) is 4.98 Å². The minimum absolute atomic E-state index is 0.478. The van der Waals surface area contributed by atoms with Gasteiger partial charge in [0.25, 0.3) is 0 Å². The van der Waals surface area contributed by atoms with Crippen molar-refractivity contribution in [2.45, 2.75) is 13.0 Å². The van der Waals surface area contributed by atoms with Crippen LogP contribution in [0.25, 0.3) is 0 Å². The highest BCUT2D eigenvalue weighted by atomic mass is 16.5. The number of hydrogen-bond donors (Lipinski definition) is 0. The quantitative estimate of drug-likeness (QED) is 0.756. The number of nitrogens with zero attached hydrogens (tertiary/aromatic N) is 2. The number of methoxy groups -OCH3 is 1. The molecule has 0 saturated carbocycles. The van der Waals surface area contributed by atoms with Gasteiger partial charge in [0.15, 0.2) is 0 Å². The fourth-order valence-corrected chi connectivity index (χ4v) is 1.85. The van der Waals surface area contributed by atoms with Crippen molar-refractivity contribution in [3.63, 3.8) is 0 Å². The summed E-state index contributed by atoms with van der Waals surface area (Å²) in [6.45, 7) is 1.08. The maximum absolute atomic E-state index is 9.02. The number of rotatable bonds is 6. The molecule has 1 aromatic heterocycles. The maximum Gasteiger partial charge on any atom is 0.136 e. The van der Waals surface area contributed by atoms with E-state index >= 15 is 0 Å². The maximum atomic E-state index is 9.02. The zero-order valence-electron chi connectivity index (χ0n) is 11.4. The second-order valence-electron chi connectivity index (χ2n) is 4.27. The first-order valence-electron chi connectivity index (χ1n) is 6.38. The third-order valence-corrected chi connectivity index (χ3v) is 2.88. The molecule has 1 heterocycles. The molecule has 1 aromatic carbocycles. The topological polar surface area (TPSA) is 55.1 Å². The number of aromatic nitrogens is 1. The Labute approximate surface area is 118 Å². The Morgan fingerprint density at radius 1 is 1.25 bits per heavy atom. The molecule has 20 heavy (non-hydrogen) atoms. The molecule has 0 saturated heterocycles. The van der Waals surface area contributed by atoms with E-state index in [4.69, 9.17) is 14.7 Å². The van der Waals surface area contributed by atoms with Gasteiger partial charge >= 0.3 is 0 Å². The Balaban J connectivity index is 1.84. The van der Waals surface area contributed by atoms with Gasteiger partial charge in [0.05, 0.1) is 25.9 Å². The van der Waals surface area contributed by atoms with Crippen LogP contribution in [0.1, 0.15) is 16.8 Å². The second kappa shape index (κ2) is 7.27. The zero-order valence-corrected chi connectivity index (χ0v) is 11.4. The van der Waals surface area contributed by atoms with Crippen LogP contribution in [0, 0.1) is 11.3 Å². The summed E-state index contributed by atoms with van der Waals surface area (Å²) >= 11 is 0. The molecule has 0 atom stereocenters. The Kier molecular flexibility index (Phi) is 5.10. The minimum atomic E-state index is 0.478. The van der Waals surface area contributed by atoms with Crippen LogP contribution in [0.2, 0.25) is 0 Å². The minimum Gasteiger partial charge on any atom is -0.495 e. The van der Waals surface area contributed by atoms with Gasteiger partial charge in [-0.05, 0) is 29.8 Å². The van der Waals surface area contributed by atoms with Crippen molar-refractivity contribution in [1.82, 2.24) is 4.98 Å². The molecule has 0 aliphatic carbocycles. The lowest BCUT2D eigenvalue weighted by Crippen LogP contribution is -2.01. The monoisotopic (exact) mass is 268 g/mol. The van der Waals surface area contributed by atoms with Crippen molar-refractivity contribution in [3.8, 4) is 11.8 Å². The molecule has 0 radical (unpaired) electrons. The van der Waals surface area contributed by atoms with E-state index in [1.165, 1.54) is 0 Å². The van der Waals surface area contributed by atoms with E-state index in [2.05, 4.69) is 11.1 Å². The van der Waals surface area contributed by atoms with Gasteiger partial charge in [0, 0.05) is 18.3 Å². The number of benzene rings is 1. The lowest BCUT2D eigenvalue weighted by atomic mass is 10.1. The number of nitriles is 1. The number of hydrogen-bond acceptors (Lipinski definition) is 4. The molecule has 102 valence electrons. The lowest BCUT2D eigenvalue weighted by molar-refractivity contribution is 0.123. The molecule has 0 aliphatic rings. The standard InChI is InChI=1S/C16H16N2O2/c1-19-16-6-5-13(10-14(16)11-17)12-20-9-7-15-4-2-3-8-18-15/h2-6,8,10H,7,9,12H2,1H3. The highest BCUT2D eigenvalue weighted by Crippen LogP contribution is 2.19. The smallest absolute Gasteiger partial charge is 0.136 e. The Bertz CT molecular complexity index is 591. The van der Waals surface area contributed by atoms with Crippen LogP contribution in [0.3, 0.4) is 0 Å². The van der Waals surface area contributed by atoms with Crippen LogP contribution in [-0.4, -0.2) is 18.7 Å². The predicted octanol–water partition coefficient (Wildman–Crippen LogP) is 2.72. The fourth-order valence-electron chi connectivity index (χ4n) is 1.85. The van der Waals surface area contributed by atoms with Crippen LogP contribution < -0.4 is 4.74 Å². The highest BCUT2D eigenvalue weighted by molar-refractivity contribution is 5.45. The van der Waals surface area contributed by atoms with Crippen molar-refractivity contribution in [2.24, 2.45) is 0 Å². The molecule has 2 rings (SSSR count).